The van der Waals surface area contributed by atoms with Crippen LogP contribution in [0.5, 0.6) is 0 Å². The number of rotatable bonds is 3. The Hall–Kier alpha value is -2.43. The van der Waals surface area contributed by atoms with Gasteiger partial charge in [-0.15, -0.1) is 0 Å². The van der Waals surface area contributed by atoms with E-state index < -0.39 is 11.5 Å². The molecular weight excluding hydrogens is 271 g/mol. The molecule has 1 aromatic carbocycles. The quantitative estimate of drug-likeness (QED) is 0.939. The standard InChI is InChI=1S/C16H17FN2O2/c1-10-4-5-14(17)12(6-10)9-19-8-11(2)7-13(16(19)21)15(20)18-3/h4-8H,9H2,1-3H3,(H,18,20). The number of hydrogen-bond donors (Lipinski definition) is 1. The summed E-state index contributed by atoms with van der Waals surface area (Å²) in [5.74, 6) is -0.808. The van der Waals surface area contributed by atoms with Crippen LogP contribution in [0.1, 0.15) is 27.0 Å². The summed E-state index contributed by atoms with van der Waals surface area (Å²) in [6.45, 7) is 3.74. The van der Waals surface area contributed by atoms with E-state index in [0.717, 1.165) is 11.1 Å². The molecule has 1 heterocycles. The van der Waals surface area contributed by atoms with E-state index in [1.54, 1.807) is 25.3 Å². The van der Waals surface area contributed by atoms with Crippen LogP contribution in [-0.4, -0.2) is 17.5 Å². The highest BCUT2D eigenvalue weighted by Crippen LogP contribution is 2.11. The molecule has 0 radical (unpaired) electrons. The van der Waals surface area contributed by atoms with Crippen molar-refractivity contribution in [3.05, 3.63) is 68.9 Å². The lowest BCUT2D eigenvalue weighted by Gasteiger charge is -2.11. The van der Waals surface area contributed by atoms with Gasteiger partial charge in [-0.2, -0.15) is 0 Å². The highest BCUT2D eigenvalue weighted by molar-refractivity contribution is 5.93. The highest BCUT2D eigenvalue weighted by Gasteiger charge is 2.13. The fraction of sp³-hybridized carbons (Fsp3) is 0.250. The maximum absolute atomic E-state index is 13.8. The van der Waals surface area contributed by atoms with E-state index in [4.69, 9.17) is 0 Å². The van der Waals surface area contributed by atoms with E-state index in [0.29, 0.717) is 5.56 Å². The topological polar surface area (TPSA) is 51.1 Å². The van der Waals surface area contributed by atoms with Gasteiger partial charge in [0.05, 0.1) is 6.54 Å². The van der Waals surface area contributed by atoms with Crippen LogP contribution in [0.25, 0.3) is 0 Å². The minimum absolute atomic E-state index is 0.0607. The van der Waals surface area contributed by atoms with E-state index in [1.165, 1.54) is 23.7 Å². The summed E-state index contributed by atoms with van der Waals surface area (Å²) in [6.07, 6.45) is 1.62. The fourth-order valence-electron chi connectivity index (χ4n) is 2.21. The molecule has 1 N–H and O–H groups in total. The van der Waals surface area contributed by atoms with Crippen molar-refractivity contribution in [2.24, 2.45) is 0 Å². The predicted octanol–water partition coefficient (Wildman–Crippen LogP) is 2.01. The van der Waals surface area contributed by atoms with Crippen LogP contribution in [0.3, 0.4) is 0 Å². The maximum Gasteiger partial charge on any atom is 0.263 e. The van der Waals surface area contributed by atoms with Gasteiger partial charge in [0.1, 0.15) is 11.4 Å². The Bertz CT molecular complexity index is 750. The molecule has 5 heteroatoms. The lowest BCUT2D eigenvalue weighted by Crippen LogP contribution is -2.31. The van der Waals surface area contributed by atoms with Gasteiger partial charge in [-0.05, 0) is 31.5 Å². The number of carbonyl (C=O) groups excluding carboxylic acids is 1. The molecule has 0 fully saturated rings. The smallest absolute Gasteiger partial charge is 0.263 e. The maximum atomic E-state index is 13.8. The number of carbonyl (C=O) groups is 1. The van der Waals surface area contributed by atoms with Crippen LogP contribution < -0.4 is 10.9 Å². The Labute approximate surface area is 122 Å². The minimum Gasteiger partial charge on any atom is -0.355 e. The first-order valence-corrected chi connectivity index (χ1v) is 6.60. The van der Waals surface area contributed by atoms with Crippen molar-refractivity contribution < 1.29 is 9.18 Å². The second-order valence-electron chi connectivity index (χ2n) is 5.04. The number of nitrogens with zero attached hydrogens (tertiary/aromatic N) is 1. The molecule has 2 aromatic rings. The second-order valence-corrected chi connectivity index (χ2v) is 5.04. The number of benzene rings is 1. The van der Waals surface area contributed by atoms with Gasteiger partial charge in [0.25, 0.3) is 11.5 Å². The molecule has 110 valence electrons. The van der Waals surface area contributed by atoms with Crippen molar-refractivity contribution in [1.29, 1.82) is 0 Å². The van der Waals surface area contributed by atoms with Crippen molar-refractivity contribution in [3.63, 3.8) is 0 Å². The number of pyridine rings is 1. The molecule has 0 atom stereocenters. The second kappa shape index (κ2) is 5.91. The molecule has 0 aliphatic carbocycles. The summed E-state index contributed by atoms with van der Waals surface area (Å²) in [4.78, 5) is 24.0. The predicted molar refractivity (Wildman–Crippen MR) is 79.1 cm³/mol. The molecule has 0 saturated heterocycles. The van der Waals surface area contributed by atoms with Gasteiger partial charge in [-0.1, -0.05) is 17.7 Å². The van der Waals surface area contributed by atoms with Crippen LogP contribution in [0, 0.1) is 19.7 Å². The summed E-state index contributed by atoms with van der Waals surface area (Å²) in [7, 11) is 1.47. The Morgan fingerprint density at radius 1 is 1.24 bits per heavy atom. The number of halogens is 1. The van der Waals surface area contributed by atoms with Crippen LogP contribution in [0.4, 0.5) is 4.39 Å². The van der Waals surface area contributed by atoms with Gasteiger partial charge < -0.3 is 9.88 Å². The molecule has 4 nitrogen and oxygen atoms in total. The van der Waals surface area contributed by atoms with Gasteiger partial charge in [0.2, 0.25) is 0 Å². The third kappa shape index (κ3) is 3.18. The molecule has 0 unspecified atom stereocenters. The number of nitrogens with one attached hydrogen (secondary N) is 1. The molecule has 1 aromatic heterocycles. The van der Waals surface area contributed by atoms with Crippen LogP contribution in [-0.2, 0) is 6.54 Å². The van der Waals surface area contributed by atoms with E-state index in [-0.39, 0.29) is 17.9 Å². The highest BCUT2D eigenvalue weighted by atomic mass is 19.1. The van der Waals surface area contributed by atoms with E-state index in [1.807, 2.05) is 6.92 Å². The van der Waals surface area contributed by atoms with Gasteiger partial charge >= 0.3 is 0 Å². The van der Waals surface area contributed by atoms with Crippen LogP contribution in [0.15, 0.2) is 35.3 Å². The van der Waals surface area contributed by atoms with Crippen molar-refractivity contribution in [2.75, 3.05) is 7.05 Å². The lowest BCUT2D eigenvalue weighted by atomic mass is 10.1. The third-order valence-corrected chi connectivity index (χ3v) is 3.24. The van der Waals surface area contributed by atoms with Gasteiger partial charge in [0, 0.05) is 18.8 Å². The summed E-state index contributed by atoms with van der Waals surface area (Å²) in [5.41, 5.74) is 1.73. The minimum atomic E-state index is -0.442. The number of aromatic nitrogens is 1. The average Bonchev–Trinajstić information content (AvgIpc) is 2.45. The Morgan fingerprint density at radius 2 is 1.95 bits per heavy atom. The Balaban J connectivity index is 2.50. The molecule has 21 heavy (non-hydrogen) atoms. The SMILES string of the molecule is CNC(=O)c1cc(C)cn(Cc2cc(C)ccc2F)c1=O. The molecule has 0 bridgehead atoms. The zero-order valence-corrected chi connectivity index (χ0v) is 12.2. The van der Waals surface area contributed by atoms with Gasteiger partial charge in [0.15, 0.2) is 0 Å². The molecule has 0 spiro atoms. The molecule has 0 saturated carbocycles. The van der Waals surface area contributed by atoms with Crippen LogP contribution in [0.2, 0.25) is 0 Å². The van der Waals surface area contributed by atoms with E-state index in [2.05, 4.69) is 5.32 Å². The summed E-state index contributed by atoms with van der Waals surface area (Å²) in [5, 5.41) is 2.43. The van der Waals surface area contributed by atoms with Gasteiger partial charge in [-0.25, -0.2) is 4.39 Å². The first-order chi connectivity index (χ1) is 9.92. The number of amides is 1. The molecule has 2 rings (SSSR count). The van der Waals surface area contributed by atoms with E-state index >= 15 is 0 Å². The average molecular weight is 288 g/mol. The summed E-state index contributed by atoms with van der Waals surface area (Å²) >= 11 is 0. The molecule has 0 aliphatic heterocycles. The van der Waals surface area contributed by atoms with Crippen LogP contribution >= 0.6 is 0 Å². The first-order valence-electron chi connectivity index (χ1n) is 6.60. The fourth-order valence-corrected chi connectivity index (χ4v) is 2.21. The lowest BCUT2D eigenvalue weighted by molar-refractivity contribution is 0.0961. The Morgan fingerprint density at radius 3 is 2.62 bits per heavy atom. The van der Waals surface area contributed by atoms with Crippen molar-refractivity contribution in [2.45, 2.75) is 20.4 Å². The largest absolute Gasteiger partial charge is 0.355 e. The molecule has 0 aliphatic rings. The van der Waals surface area contributed by atoms with Crippen molar-refractivity contribution >= 4 is 5.91 Å². The monoisotopic (exact) mass is 288 g/mol. The Kier molecular flexibility index (Phi) is 4.21. The molecular formula is C16H17FN2O2. The van der Waals surface area contributed by atoms with Gasteiger partial charge in [-0.3, -0.25) is 9.59 Å². The normalized spacial score (nSPS) is 10.5. The zero-order chi connectivity index (χ0) is 15.6. The molecule has 1 amide bonds. The zero-order valence-electron chi connectivity index (χ0n) is 12.2. The number of hydrogen-bond acceptors (Lipinski definition) is 2. The summed E-state index contributed by atoms with van der Waals surface area (Å²) in [6, 6.07) is 6.28. The summed E-state index contributed by atoms with van der Waals surface area (Å²) < 4.78 is 15.2. The van der Waals surface area contributed by atoms with Crippen molar-refractivity contribution in [3.8, 4) is 0 Å². The van der Waals surface area contributed by atoms with Crippen molar-refractivity contribution in [1.82, 2.24) is 9.88 Å². The third-order valence-electron chi connectivity index (χ3n) is 3.24. The first kappa shape index (κ1) is 15.0. The number of aryl methyl sites for hydroxylation is 2. The van der Waals surface area contributed by atoms with E-state index in [9.17, 15) is 14.0 Å².